The van der Waals surface area contributed by atoms with Crippen LogP contribution in [0.1, 0.15) is 30.9 Å². The first-order chi connectivity index (χ1) is 7.65. The van der Waals surface area contributed by atoms with Crippen LogP contribution in [0.4, 0.5) is 0 Å². The minimum absolute atomic E-state index is 0.616. The number of benzene rings is 1. The van der Waals surface area contributed by atoms with E-state index in [4.69, 9.17) is 4.74 Å². The molecule has 1 aromatic rings. The van der Waals surface area contributed by atoms with E-state index in [2.05, 4.69) is 54.9 Å². The average Bonchev–Trinajstić information content (AvgIpc) is 2.23. The minimum atomic E-state index is 0.616. The van der Waals surface area contributed by atoms with E-state index in [9.17, 15) is 0 Å². The molecule has 0 aliphatic rings. The minimum Gasteiger partial charge on any atom is -0.493 e. The standard InChI is InChI=1S/C14H21BrO/c1-4-5-13(9-15)10-16-14-7-11(2)6-12(3)8-14/h6-8,13H,4-5,9-10H2,1-3H3. The molecule has 0 radical (unpaired) electrons. The molecule has 1 rings (SSSR count). The van der Waals surface area contributed by atoms with Crippen molar-refractivity contribution in [2.45, 2.75) is 33.6 Å². The van der Waals surface area contributed by atoms with Gasteiger partial charge in [0.25, 0.3) is 0 Å². The van der Waals surface area contributed by atoms with E-state index >= 15 is 0 Å². The molecule has 1 aromatic carbocycles. The second-order valence-corrected chi connectivity index (χ2v) is 5.09. The van der Waals surface area contributed by atoms with Gasteiger partial charge in [0, 0.05) is 11.2 Å². The molecule has 0 saturated heterocycles. The fourth-order valence-corrected chi connectivity index (χ4v) is 2.35. The van der Waals surface area contributed by atoms with Gasteiger partial charge in [-0.3, -0.25) is 0 Å². The zero-order valence-electron chi connectivity index (χ0n) is 10.4. The summed E-state index contributed by atoms with van der Waals surface area (Å²) in [5, 5.41) is 1.02. The third-order valence-corrected chi connectivity index (χ3v) is 3.51. The van der Waals surface area contributed by atoms with Gasteiger partial charge in [-0.2, -0.15) is 0 Å². The molecule has 0 bridgehead atoms. The second kappa shape index (κ2) is 6.95. The number of alkyl halides is 1. The molecule has 16 heavy (non-hydrogen) atoms. The van der Waals surface area contributed by atoms with Gasteiger partial charge in [0.15, 0.2) is 0 Å². The van der Waals surface area contributed by atoms with Crippen LogP contribution in [0.5, 0.6) is 5.75 Å². The highest BCUT2D eigenvalue weighted by molar-refractivity contribution is 9.09. The molecule has 0 aromatic heterocycles. The van der Waals surface area contributed by atoms with E-state index in [0.29, 0.717) is 5.92 Å². The molecule has 1 unspecified atom stereocenters. The van der Waals surface area contributed by atoms with E-state index in [1.54, 1.807) is 0 Å². The summed E-state index contributed by atoms with van der Waals surface area (Å²) in [7, 11) is 0. The summed E-state index contributed by atoms with van der Waals surface area (Å²) in [6.45, 7) is 7.23. The topological polar surface area (TPSA) is 9.23 Å². The molecule has 1 atom stereocenters. The molecule has 1 nitrogen and oxygen atoms in total. The lowest BCUT2D eigenvalue weighted by molar-refractivity contribution is 0.255. The number of hydrogen-bond donors (Lipinski definition) is 0. The summed E-state index contributed by atoms with van der Waals surface area (Å²) in [5.74, 6) is 1.62. The Morgan fingerprint density at radius 2 is 1.81 bits per heavy atom. The van der Waals surface area contributed by atoms with Gasteiger partial charge in [0.05, 0.1) is 6.61 Å². The molecule has 0 heterocycles. The van der Waals surface area contributed by atoms with Crippen LogP contribution in [0, 0.1) is 19.8 Å². The number of halogens is 1. The first-order valence-corrected chi connectivity index (χ1v) is 7.05. The molecule has 0 aliphatic carbocycles. The maximum Gasteiger partial charge on any atom is 0.119 e. The first kappa shape index (κ1) is 13.6. The number of rotatable bonds is 6. The Morgan fingerprint density at radius 3 is 2.31 bits per heavy atom. The zero-order valence-corrected chi connectivity index (χ0v) is 12.0. The van der Waals surface area contributed by atoms with Crippen molar-refractivity contribution in [3.05, 3.63) is 29.3 Å². The van der Waals surface area contributed by atoms with Crippen molar-refractivity contribution >= 4 is 15.9 Å². The lowest BCUT2D eigenvalue weighted by atomic mass is 10.1. The third-order valence-electron chi connectivity index (χ3n) is 2.60. The Bertz CT molecular complexity index is 302. The zero-order chi connectivity index (χ0) is 12.0. The smallest absolute Gasteiger partial charge is 0.119 e. The molecular formula is C14H21BrO. The molecule has 0 spiro atoms. The maximum atomic E-state index is 5.84. The van der Waals surface area contributed by atoms with E-state index in [1.165, 1.54) is 24.0 Å². The highest BCUT2D eigenvalue weighted by Crippen LogP contribution is 2.18. The molecule has 0 amide bonds. The van der Waals surface area contributed by atoms with Crippen molar-refractivity contribution in [2.75, 3.05) is 11.9 Å². The number of ether oxygens (including phenoxy) is 1. The monoisotopic (exact) mass is 284 g/mol. The lowest BCUT2D eigenvalue weighted by Crippen LogP contribution is -2.13. The van der Waals surface area contributed by atoms with E-state index in [-0.39, 0.29) is 0 Å². The summed E-state index contributed by atoms with van der Waals surface area (Å²) in [5.41, 5.74) is 2.53. The van der Waals surface area contributed by atoms with Gasteiger partial charge in [-0.1, -0.05) is 35.3 Å². The predicted molar refractivity (Wildman–Crippen MR) is 73.6 cm³/mol. The van der Waals surface area contributed by atoms with Crippen LogP contribution >= 0.6 is 15.9 Å². The van der Waals surface area contributed by atoms with Crippen molar-refractivity contribution in [1.82, 2.24) is 0 Å². The van der Waals surface area contributed by atoms with Gasteiger partial charge in [0.1, 0.15) is 5.75 Å². The summed E-state index contributed by atoms with van der Waals surface area (Å²) >= 11 is 3.54. The molecule has 90 valence electrons. The Kier molecular flexibility index (Phi) is 5.89. The van der Waals surface area contributed by atoms with Crippen molar-refractivity contribution < 1.29 is 4.74 Å². The summed E-state index contributed by atoms with van der Waals surface area (Å²) in [4.78, 5) is 0. The SMILES string of the molecule is CCCC(CBr)COc1cc(C)cc(C)c1. The van der Waals surface area contributed by atoms with Crippen LogP contribution in [0.15, 0.2) is 18.2 Å². The predicted octanol–water partition coefficient (Wildman–Crippen LogP) is 4.49. The molecule has 0 aliphatic heterocycles. The number of aryl methyl sites for hydroxylation is 2. The van der Waals surface area contributed by atoms with Crippen molar-refractivity contribution in [1.29, 1.82) is 0 Å². The van der Waals surface area contributed by atoms with Gasteiger partial charge in [-0.15, -0.1) is 0 Å². The van der Waals surface area contributed by atoms with Crippen LogP contribution in [-0.4, -0.2) is 11.9 Å². The average molecular weight is 285 g/mol. The Balaban J connectivity index is 2.52. The van der Waals surface area contributed by atoms with Gasteiger partial charge in [-0.05, 0) is 43.5 Å². The normalized spacial score (nSPS) is 12.5. The fraction of sp³-hybridized carbons (Fsp3) is 0.571. The Labute approximate surface area is 107 Å². The van der Waals surface area contributed by atoms with Crippen LogP contribution in [0.3, 0.4) is 0 Å². The van der Waals surface area contributed by atoms with Gasteiger partial charge in [0.2, 0.25) is 0 Å². The quantitative estimate of drug-likeness (QED) is 0.699. The maximum absolute atomic E-state index is 5.84. The summed E-state index contributed by atoms with van der Waals surface area (Å²) in [6, 6.07) is 6.37. The highest BCUT2D eigenvalue weighted by Gasteiger charge is 2.07. The molecule has 0 N–H and O–H groups in total. The lowest BCUT2D eigenvalue weighted by Gasteiger charge is -2.15. The van der Waals surface area contributed by atoms with Crippen LogP contribution in [-0.2, 0) is 0 Å². The fourth-order valence-electron chi connectivity index (χ4n) is 1.84. The highest BCUT2D eigenvalue weighted by atomic mass is 79.9. The Hall–Kier alpha value is -0.500. The molecule has 0 fully saturated rings. The largest absolute Gasteiger partial charge is 0.493 e. The van der Waals surface area contributed by atoms with Crippen LogP contribution in [0.2, 0.25) is 0 Å². The third kappa shape index (κ3) is 4.56. The second-order valence-electron chi connectivity index (χ2n) is 4.44. The summed E-state index contributed by atoms with van der Waals surface area (Å²) < 4.78 is 5.84. The van der Waals surface area contributed by atoms with E-state index < -0.39 is 0 Å². The van der Waals surface area contributed by atoms with E-state index in [1.807, 2.05) is 0 Å². The van der Waals surface area contributed by atoms with Gasteiger partial charge < -0.3 is 4.74 Å². The number of hydrogen-bond acceptors (Lipinski definition) is 1. The van der Waals surface area contributed by atoms with Crippen LogP contribution in [0.25, 0.3) is 0 Å². The molecule has 2 heteroatoms. The van der Waals surface area contributed by atoms with Gasteiger partial charge in [-0.25, -0.2) is 0 Å². The summed E-state index contributed by atoms with van der Waals surface area (Å²) in [6.07, 6.45) is 2.43. The molecule has 0 saturated carbocycles. The van der Waals surface area contributed by atoms with Crippen molar-refractivity contribution in [3.8, 4) is 5.75 Å². The van der Waals surface area contributed by atoms with Crippen LogP contribution < -0.4 is 4.74 Å². The van der Waals surface area contributed by atoms with Crippen molar-refractivity contribution in [2.24, 2.45) is 5.92 Å². The van der Waals surface area contributed by atoms with E-state index in [0.717, 1.165) is 17.7 Å². The van der Waals surface area contributed by atoms with Gasteiger partial charge >= 0.3 is 0 Å². The molecular weight excluding hydrogens is 264 g/mol. The Morgan fingerprint density at radius 1 is 1.19 bits per heavy atom. The first-order valence-electron chi connectivity index (χ1n) is 5.92. The van der Waals surface area contributed by atoms with Crippen molar-refractivity contribution in [3.63, 3.8) is 0 Å².